The maximum Gasteiger partial charge on any atom is 0.326 e. The Morgan fingerprint density at radius 1 is 0.970 bits per heavy atom. The Balaban J connectivity index is 5.40. The number of aliphatic carboxylic acids is 1. The van der Waals surface area contributed by atoms with Gasteiger partial charge in [-0.05, 0) is 25.7 Å². The van der Waals surface area contributed by atoms with Crippen LogP contribution >= 0.6 is 0 Å². The van der Waals surface area contributed by atoms with Gasteiger partial charge in [-0.2, -0.15) is 0 Å². The molecule has 0 heterocycles. The molecule has 0 spiro atoms. The highest BCUT2D eigenvalue weighted by Crippen LogP contribution is 2.10. The van der Waals surface area contributed by atoms with Crippen molar-refractivity contribution in [3.05, 3.63) is 0 Å². The van der Waals surface area contributed by atoms with Crippen LogP contribution in [0, 0.1) is 5.92 Å². The second kappa shape index (κ2) is 15.0. The molecular weight excluding hydrogens is 438 g/mol. The Kier molecular flexibility index (Phi) is 13.6. The topological polar surface area (TPSA) is 255 Å². The molecule has 0 radical (unpaired) electrons. The summed E-state index contributed by atoms with van der Waals surface area (Å²) < 4.78 is 0. The van der Waals surface area contributed by atoms with Crippen LogP contribution in [-0.4, -0.2) is 88.4 Å². The number of guanidine groups is 1. The molecule has 0 aliphatic carbocycles. The summed E-state index contributed by atoms with van der Waals surface area (Å²) in [6.07, 6.45) is -0.550. The van der Waals surface area contributed by atoms with Crippen LogP contribution in [0.5, 0.6) is 0 Å². The molecule has 0 aliphatic rings. The summed E-state index contributed by atoms with van der Waals surface area (Å²) in [7, 11) is 0. The van der Waals surface area contributed by atoms with Crippen molar-refractivity contribution in [2.75, 3.05) is 13.2 Å². The minimum atomic E-state index is -1.45. The summed E-state index contributed by atoms with van der Waals surface area (Å²) in [5.41, 5.74) is 15.9. The van der Waals surface area contributed by atoms with E-state index in [1.165, 1.54) is 6.92 Å². The van der Waals surface area contributed by atoms with Gasteiger partial charge in [0.2, 0.25) is 17.7 Å². The monoisotopic (exact) mass is 475 g/mol. The number of carboxylic acid groups (broad SMARTS) is 1. The summed E-state index contributed by atoms with van der Waals surface area (Å²) in [5.74, 6) is -4.29. The maximum atomic E-state index is 12.8. The number of nitrogens with two attached hydrogens (primary N) is 3. The maximum absolute atomic E-state index is 12.8. The Morgan fingerprint density at radius 3 is 1.97 bits per heavy atom. The number of nitrogens with one attached hydrogen (secondary N) is 3. The Morgan fingerprint density at radius 2 is 1.52 bits per heavy atom. The van der Waals surface area contributed by atoms with E-state index in [0.29, 0.717) is 6.42 Å². The predicted molar refractivity (Wildman–Crippen MR) is 120 cm³/mol. The van der Waals surface area contributed by atoms with Crippen LogP contribution in [0.25, 0.3) is 0 Å². The van der Waals surface area contributed by atoms with Gasteiger partial charge in [-0.1, -0.05) is 20.3 Å². The average molecular weight is 476 g/mol. The molecule has 0 aromatic rings. The van der Waals surface area contributed by atoms with Crippen molar-refractivity contribution < 1.29 is 34.5 Å². The number of aliphatic hydroxyl groups excluding tert-OH is 2. The van der Waals surface area contributed by atoms with Crippen LogP contribution in [0.2, 0.25) is 0 Å². The third kappa shape index (κ3) is 10.9. The van der Waals surface area contributed by atoms with Crippen molar-refractivity contribution in [1.29, 1.82) is 0 Å². The van der Waals surface area contributed by atoms with E-state index in [0.717, 1.165) is 0 Å². The zero-order valence-corrected chi connectivity index (χ0v) is 19.2. The minimum absolute atomic E-state index is 0.0461. The molecule has 3 amide bonds. The molecule has 14 heteroatoms. The first kappa shape index (κ1) is 30.0. The summed E-state index contributed by atoms with van der Waals surface area (Å²) in [6, 6.07) is -5.15. The number of aliphatic hydroxyl groups is 2. The second-order valence-corrected chi connectivity index (χ2v) is 7.74. The molecule has 6 atom stereocenters. The van der Waals surface area contributed by atoms with E-state index >= 15 is 0 Å². The summed E-state index contributed by atoms with van der Waals surface area (Å²) in [5, 5.41) is 35.4. The van der Waals surface area contributed by atoms with Gasteiger partial charge in [0, 0.05) is 6.54 Å². The highest BCUT2D eigenvalue weighted by atomic mass is 16.4. The number of carbonyl (C=O) groups excluding carboxylic acids is 3. The van der Waals surface area contributed by atoms with E-state index in [1.54, 1.807) is 13.8 Å². The first-order valence-electron chi connectivity index (χ1n) is 10.6. The molecule has 0 aromatic carbocycles. The number of rotatable bonds is 15. The van der Waals surface area contributed by atoms with Gasteiger partial charge in [0.1, 0.15) is 24.2 Å². The van der Waals surface area contributed by atoms with Crippen molar-refractivity contribution in [2.24, 2.45) is 28.1 Å². The quantitative estimate of drug-likeness (QED) is 0.0636. The van der Waals surface area contributed by atoms with Gasteiger partial charge >= 0.3 is 5.97 Å². The molecule has 0 saturated heterocycles. The molecule has 190 valence electrons. The predicted octanol–water partition coefficient (Wildman–Crippen LogP) is -3.67. The molecule has 14 nitrogen and oxygen atoms in total. The highest BCUT2D eigenvalue weighted by Gasteiger charge is 2.34. The number of aliphatic imine (C=N–C) groups is 1. The fourth-order valence-corrected chi connectivity index (χ4v) is 2.72. The van der Waals surface area contributed by atoms with Gasteiger partial charge in [0.25, 0.3) is 0 Å². The molecular formula is C19H37N7O7. The zero-order chi connectivity index (χ0) is 25.7. The van der Waals surface area contributed by atoms with Crippen LogP contribution in [0.1, 0.15) is 40.0 Å². The van der Waals surface area contributed by atoms with Gasteiger partial charge in [-0.25, -0.2) is 4.79 Å². The molecule has 6 unspecified atom stereocenters. The van der Waals surface area contributed by atoms with E-state index in [2.05, 4.69) is 20.9 Å². The lowest BCUT2D eigenvalue weighted by molar-refractivity contribution is -0.143. The van der Waals surface area contributed by atoms with Crippen LogP contribution in [0.4, 0.5) is 0 Å². The highest BCUT2D eigenvalue weighted by molar-refractivity contribution is 5.94. The van der Waals surface area contributed by atoms with Gasteiger partial charge in [0.05, 0.1) is 12.7 Å². The van der Waals surface area contributed by atoms with Crippen LogP contribution in [0.15, 0.2) is 4.99 Å². The van der Waals surface area contributed by atoms with Gasteiger partial charge < -0.3 is 48.5 Å². The van der Waals surface area contributed by atoms with E-state index in [4.69, 9.17) is 22.3 Å². The molecule has 0 aromatic heterocycles. The number of hydrogen-bond acceptors (Lipinski definition) is 8. The lowest BCUT2D eigenvalue weighted by atomic mass is 9.97. The number of nitrogens with zero attached hydrogens (tertiary/aromatic N) is 1. The molecule has 0 rings (SSSR count). The van der Waals surface area contributed by atoms with Crippen LogP contribution in [0.3, 0.4) is 0 Å². The molecule has 0 saturated carbocycles. The van der Waals surface area contributed by atoms with E-state index in [1.807, 2.05) is 0 Å². The number of carboxylic acids is 1. The normalized spacial score (nSPS) is 16.3. The van der Waals surface area contributed by atoms with Crippen LogP contribution in [-0.2, 0) is 19.2 Å². The number of carbonyl (C=O) groups is 4. The van der Waals surface area contributed by atoms with E-state index in [-0.39, 0.29) is 25.3 Å². The standard InChI is InChI=1S/C19H37N7O7/c1-4-9(2)13(16(30)24-12(18(32)33)6-5-7-23-19(21)22)25-17(31)14(10(3)28)26-15(29)11(20)8-27/h9-14,27-28H,4-8,20H2,1-3H3,(H,24,30)(H,25,31)(H,26,29)(H,32,33)(H4,21,22,23). The van der Waals surface area contributed by atoms with Crippen molar-refractivity contribution >= 4 is 29.7 Å². The average Bonchev–Trinajstić information content (AvgIpc) is 2.75. The first-order valence-corrected chi connectivity index (χ1v) is 10.6. The third-order valence-corrected chi connectivity index (χ3v) is 4.95. The van der Waals surface area contributed by atoms with Crippen molar-refractivity contribution in [3.63, 3.8) is 0 Å². The van der Waals surface area contributed by atoms with E-state index in [9.17, 15) is 29.4 Å². The molecule has 0 bridgehead atoms. The zero-order valence-electron chi connectivity index (χ0n) is 19.2. The van der Waals surface area contributed by atoms with Gasteiger partial charge in [0.15, 0.2) is 5.96 Å². The second-order valence-electron chi connectivity index (χ2n) is 7.74. The Labute approximate surface area is 192 Å². The largest absolute Gasteiger partial charge is 0.480 e. The van der Waals surface area contributed by atoms with Crippen molar-refractivity contribution in [2.45, 2.75) is 70.3 Å². The Hall–Kier alpha value is -2.97. The SMILES string of the molecule is CCC(C)C(NC(=O)C(NC(=O)C(N)CO)C(C)O)C(=O)NC(CCCN=C(N)N)C(=O)O. The van der Waals surface area contributed by atoms with E-state index < -0.39 is 66.5 Å². The fourth-order valence-electron chi connectivity index (χ4n) is 2.72. The van der Waals surface area contributed by atoms with Crippen molar-refractivity contribution in [1.82, 2.24) is 16.0 Å². The van der Waals surface area contributed by atoms with Crippen LogP contribution < -0.4 is 33.2 Å². The van der Waals surface area contributed by atoms with Crippen molar-refractivity contribution in [3.8, 4) is 0 Å². The summed E-state index contributed by atoms with van der Waals surface area (Å²) >= 11 is 0. The summed E-state index contributed by atoms with van der Waals surface area (Å²) in [6.45, 7) is 4.22. The van der Waals surface area contributed by atoms with Gasteiger partial charge in [-0.3, -0.25) is 19.4 Å². The number of amides is 3. The summed E-state index contributed by atoms with van der Waals surface area (Å²) in [4.78, 5) is 52.8. The molecule has 12 N–H and O–H groups in total. The van der Waals surface area contributed by atoms with Gasteiger partial charge in [-0.15, -0.1) is 0 Å². The number of hydrogen-bond donors (Lipinski definition) is 9. The fraction of sp³-hybridized carbons (Fsp3) is 0.737. The lowest BCUT2D eigenvalue weighted by Gasteiger charge is -2.28. The Bertz CT molecular complexity index is 698. The molecule has 33 heavy (non-hydrogen) atoms. The third-order valence-electron chi connectivity index (χ3n) is 4.95. The minimum Gasteiger partial charge on any atom is -0.480 e. The molecule has 0 aliphatic heterocycles. The first-order chi connectivity index (χ1) is 15.3. The molecule has 0 fully saturated rings. The smallest absolute Gasteiger partial charge is 0.326 e. The lowest BCUT2D eigenvalue weighted by Crippen LogP contribution is -2.61.